The zero-order valence-electron chi connectivity index (χ0n) is 21.6. The van der Waals surface area contributed by atoms with Crippen molar-refractivity contribution in [3.05, 3.63) is 151 Å². The van der Waals surface area contributed by atoms with Gasteiger partial charge in [-0.2, -0.15) is 0 Å². The Kier molecular flexibility index (Phi) is 4.89. The number of hydrogen-bond acceptors (Lipinski definition) is 0. The summed E-state index contributed by atoms with van der Waals surface area (Å²) >= 11 is 0. The van der Waals surface area contributed by atoms with Crippen LogP contribution in [0.2, 0.25) is 0 Å². The third-order valence-corrected chi connectivity index (χ3v) is 7.95. The van der Waals surface area contributed by atoms with Crippen molar-refractivity contribution < 1.29 is 0 Å². The van der Waals surface area contributed by atoms with Crippen LogP contribution in [0.4, 0.5) is 5.69 Å². The highest BCUT2D eigenvalue weighted by Gasteiger charge is 2.21. The molecule has 0 radical (unpaired) electrons. The topological polar surface area (TPSA) is 14.2 Å². The Morgan fingerprint density at radius 1 is 0.400 bits per heavy atom. The zero-order valence-corrected chi connectivity index (χ0v) is 21.6. The fourth-order valence-corrected chi connectivity index (χ4v) is 6.26. The lowest BCUT2D eigenvalue weighted by Crippen LogP contribution is -2.03. The van der Waals surface area contributed by atoms with Crippen LogP contribution < -0.4 is 0 Å². The van der Waals surface area contributed by atoms with Crippen LogP contribution in [0.1, 0.15) is 0 Å². The Morgan fingerprint density at radius 2 is 0.775 bits per heavy atom. The van der Waals surface area contributed by atoms with Gasteiger partial charge in [0.25, 0.3) is 0 Å². The molecule has 186 valence electrons. The highest BCUT2D eigenvalue weighted by Crippen LogP contribution is 2.42. The van der Waals surface area contributed by atoms with Gasteiger partial charge in [0.2, 0.25) is 0 Å². The summed E-state index contributed by atoms with van der Waals surface area (Å²) in [7, 11) is 0. The number of benzene rings is 6. The summed E-state index contributed by atoms with van der Waals surface area (Å²) in [5.41, 5.74) is 9.71. The monoisotopic (exact) mass is 509 g/mol. The van der Waals surface area contributed by atoms with Crippen molar-refractivity contribution in [1.82, 2.24) is 9.13 Å². The second-order valence-corrected chi connectivity index (χ2v) is 10.1. The molecule has 8 aromatic rings. The number of nitrogens with zero attached hydrogens (tertiary/aromatic N) is 3. The van der Waals surface area contributed by atoms with Crippen LogP contribution in [0, 0.1) is 6.57 Å². The minimum Gasteiger partial charge on any atom is -0.309 e. The zero-order chi connectivity index (χ0) is 26.6. The standard InChI is InChI=1S/C37H23N3/c1-38-26-23-21-25(22-24-26)37-35(39-31-15-6-2-11-27(31)28-12-3-7-16-32(28)39)19-10-20-36(37)40-33-17-8-4-13-29(33)30-14-5-9-18-34(30)40/h2-24H. The van der Waals surface area contributed by atoms with E-state index >= 15 is 0 Å². The average Bonchev–Trinajstić information content (AvgIpc) is 3.54. The minimum atomic E-state index is 0.636. The fraction of sp³-hybridized carbons (Fsp3) is 0. The van der Waals surface area contributed by atoms with E-state index in [2.05, 4.69) is 141 Å². The van der Waals surface area contributed by atoms with Gasteiger partial charge in [0.1, 0.15) is 0 Å². The molecule has 8 rings (SSSR count). The van der Waals surface area contributed by atoms with Crippen molar-refractivity contribution in [3.8, 4) is 22.5 Å². The lowest BCUT2D eigenvalue weighted by molar-refractivity contribution is 1.14. The molecule has 0 spiro atoms. The Morgan fingerprint density at radius 3 is 1.15 bits per heavy atom. The minimum absolute atomic E-state index is 0.636. The Labute approximate surface area is 231 Å². The smallest absolute Gasteiger partial charge is 0.187 e. The van der Waals surface area contributed by atoms with E-state index in [1.165, 1.54) is 43.6 Å². The number of aromatic nitrogens is 2. The maximum atomic E-state index is 7.51. The molecule has 0 saturated heterocycles. The molecule has 2 aromatic heterocycles. The van der Waals surface area contributed by atoms with E-state index in [-0.39, 0.29) is 0 Å². The Balaban J connectivity index is 1.55. The first kappa shape index (κ1) is 22.4. The fourth-order valence-electron chi connectivity index (χ4n) is 6.26. The molecule has 0 aliphatic rings. The molecule has 3 heteroatoms. The third-order valence-electron chi connectivity index (χ3n) is 7.95. The molecule has 0 fully saturated rings. The first-order valence-corrected chi connectivity index (χ1v) is 13.4. The van der Waals surface area contributed by atoms with Gasteiger partial charge in [-0.05, 0) is 42.0 Å². The van der Waals surface area contributed by atoms with Crippen molar-refractivity contribution in [1.29, 1.82) is 0 Å². The van der Waals surface area contributed by atoms with Crippen molar-refractivity contribution in [2.45, 2.75) is 0 Å². The molecule has 0 aliphatic heterocycles. The van der Waals surface area contributed by atoms with Crippen molar-refractivity contribution in [3.63, 3.8) is 0 Å². The molecule has 0 N–H and O–H groups in total. The van der Waals surface area contributed by atoms with Gasteiger partial charge in [0.15, 0.2) is 5.69 Å². The van der Waals surface area contributed by atoms with Crippen LogP contribution >= 0.6 is 0 Å². The molecule has 0 bridgehead atoms. The highest BCUT2D eigenvalue weighted by atomic mass is 15.0. The predicted molar refractivity (Wildman–Crippen MR) is 167 cm³/mol. The number of para-hydroxylation sites is 4. The second-order valence-electron chi connectivity index (χ2n) is 10.1. The van der Waals surface area contributed by atoms with Gasteiger partial charge >= 0.3 is 0 Å². The molecule has 6 aromatic carbocycles. The summed E-state index contributed by atoms with van der Waals surface area (Å²) in [5.74, 6) is 0. The van der Waals surface area contributed by atoms with Crippen molar-refractivity contribution in [2.24, 2.45) is 0 Å². The molecule has 2 heterocycles. The molecule has 0 amide bonds. The number of rotatable bonds is 3. The SMILES string of the molecule is [C-]#[N+]c1ccc(-c2c(-n3c4ccccc4c4ccccc43)cccc2-n2c3ccccc3c3ccccc32)cc1. The van der Waals surface area contributed by atoms with Crippen LogP contribution in [-0.2, 0) is 0 Å². The van der Waals surface area contributed by atoms with Gasteiger partial charge in [-0.3, -0.25) is 0 Å². The van der Waals surface area contributed by atoms with Gasteiger partial charge in [-0.15, -0.1) is 0 Å². The van der Waals surface area contributed by atoms with E-state index in [1.54, 1.807) is 0 Å². The van der Waals surface area contributed by atoms with E-state index in [0.29, 0.717) is 5.69 Å². The van der Waals surface area contributed by atoms with Gasteiger partial charge < -0.3 is 9.13 Å². The van der Waals surface area contributed by atoms with Crippen LogP contribution in [0.3, 0.4) is 0 Å². The van der Waals surface area contributed by atoms with E-state index in [1.807, 2.05) is 12.1 Å². The molecule has 40 heavy (non-hydrogen) atoms. The molecular formula is C37H23N3. The Hall–Kier alpha value is -5.59. The normalized spacial score (nSPS) is 11.5. The molecule has 0 aliphatic carbocycles. The summed E-state index contributed by atoms with van der Waals surface area (Å²) in [5, 5.41) is 4.92. The third kappa shape index (κ3) is 3.17. The number of fused-ring (bicyclic) bond motifs is 6. The first-order chi connectivity index (χ1) is 19.8. The Bertz CT molecular complexity index is 2040. The van der Waals surface area contributed by atoms with Crippen LogP contribution in [0.25, 0.3) is 71.0 Å². The van der Waals surface area contributed by atoms with Crippen molar-refractivity contribution in [2.75, 3.05) is 0 Å². The van der Waals surface area contributed by atoms with E-state index < -0.39 is 0 Å². The molecule has 0 unspecified atom stereocenters. The van der Waals surface area contributed by atoms with Gasteiger partial charge in [0.05, 0.1) is 40.0 Å². The summed E-state index contributed by atoms with van der Waals surface area (Å²) in [6, 6.07) is 49.1. The predicted octanol–water partition coefficient (Wildman–Crippen LogP) is 10.1. The maximum absolute atomic E-state index is 7.51. The second kappa shape index (κ2) is 8.73. The number of hydrogen-bond donors (Lipinski definition) is 0. The van der Waals surface area contributed by atoms with E-state index in [0.717, 1.165) is 22.5 Å². The van der Waals surface area contributed by atoms with Gasteiger partial charge in [-0.25, -0.2) is 4.85 Å². The maximum Gasteiger partial charge on any atom is 0.187 e. The lowest BCUT2D eigenvalue weighted by Gasteiger charge is -2.20. The van der Waals surface area contributed by atoms with Crippen LogP contribution in [0.15, 0.2) is 140 Å². The summed E-state index contributed by atoms with van der Waals surface area (Å²) in [6.45, 7) is 7.51. The first-order valence-electron chi connectivity index (χ1n) is 13.4. The average molecular weight is 510 g/mol. The highest BCUT2D eigenvalue weighted by molar-refractivity contribution is 6.11. The van der Waals surface area contributed by atoms with E-state index in [9.17, 15) is 0 Å². The summed E-state index contributed by atoms with van der Waals surface area (Å²) < 4.78 is 4.78. The van der Waals surface area contributed by atoms with Crippen LogP contribution in [0.5, 0.6) is 0 Å². The lowest BCUT2D eigenvalue weighted by atomic mass is 10.00. The quantitative estimate of drug-likeness (QED) is 0.210. The van der Waals surface area contributed by atoms with Crippen molar-refractivity contribution >= 4 is 49.3 Å². The summed E-state index contributed by atoms with van der Waals surface area (Å²) in [4.78, 5) is 3.65. The summed E-state index contributed by atoms with van der Waals surface area (Å²) in [6.07, 6.45) is 0. The molecule has 3 nitrogen and oxygen atoms in total. The van der Waals surface area contributed by atoms with E-state index in [4.69, 9.17) is 6.57 Å². The largest absolute Gasteiger partial charge is 0.309 e. The van der Waals surface area contributed by atoms with Gasteiger partial charge in [-0.1, -0.05) is 103 Å². The molecule has 0 atom stereocenters. The molecule has 0 saturated carbocycles. The molecular weight excluding hydrogens is 486 g/mol. The van der Waals surface area contributed by atoms with Crippen LogP contribution in [-0.4, -0.2) is 9.13 Å². The van der Waals surface area contributed by atoms with Gasteiger partial charge in [0, 0.05) is 27.1 Å².